The van der Waals surface area contributed by atoms with Crippen molar-refractivity contribution in [3.8, 4) is 0 Å². The van der Waals surface area contributed by atoms with Gasteiger partial charge in [0.05, 0.1) is 0 Å². The molecule has 0 spiro atoms. The zero-order valence-corrected chi connectivity index (χ0v) is 16.7. The summed E-state index contributed by atoms with van der Waals surface area (Å²) in [4.78, 5) is 2.23. The van der Waals surface area contributed by atoms with Crippen LogP contribution in [0.2, 0.25) is 0 Å². The summed E-state index contributed by atoms with van der Waals surface area (Å²) in [6, 6.07) is 8.83. The fourth-order valence-electron chi connectivity index (χ4n) is 3.49. The van der Waals surface area contributed by atoms with Gasteiger partial charge in [-0.2, -0.15) is 0 Å². The summed E-state index contributed by atoms with van der Waals surface area (Å²) in [5, 5.41) is 0. The Morgan fingerprint density at radius 3 is 1.58 bits per heavy atom. The predicted octanol–water partition coefficient (Wildman–Crippen LogP) is 7.39. The van der Waals surface area contributed by atoms with Crippen molar-refractivity contribution in [2.24, 2.45) is 0 Å². The first-order valence-electron chi connectivity index (χ1n) is 10.5. The highest BCUT2D eigenvalue weighted by Gasteiger charge is 2.03. The number of para-hydroxylation sites is 1. The van der Waals surface area contributed by atoms with Gasteiger partial charge >= 0.3 is 0 Å². The Balaban J connectivity index is 1.92. The second-order valence-electron chi connectivity index (χ2n) is 7.52. The summed E-state index contributed by atoms with van der Waals surface area (Å²) in [5.41, 5.74) is 2.89. The molecule has 0 saturated carbocycles. The summed E-state index contributed by atoms with van der Waals surface area (Å²) in [6.07, 6.45) is 19.8. The molecule has 1 aromatic rings. The molecule has 0 saturated heterocycles. The molecule has 0 aliphatic rings. The molecule has 0 radical (unpaired) electrons. The normalized spacial score (nSPS) is 11.0. The highest BCUT2D eigenvalue weighted by Crippen LogP contribution is 2.20. The summed E-state index contributed by atoms with van der Waals surface area (Å²) in [7, 11) is 4.28. The van der Waals surface area contributed by atoms with Crippen LogP contribution in [0.3, 0.4) is 0 Å². The SMILES string of the molecule is CCCCCCCCCCCCCCCc1ccccc1N(C)C. The molecule has 1 heteroatoms. The van der Waals surface area contributed by atoms with Gasteiger partial charge in [-0.3, -0.25) is 0 Å². The summed E-state index contributed by atoms with van der Waals surface area (Å²) < 4.78 is 0. The zero-order valence-electron chi connectivity index (χ0n) is 16.7. The molecule has 138 valence electrons. The number of aryl methyl sites for hydroxylation is 1. The van der Waals surface area contributed by atoms with Crippen molar-refractivity contribution in [2.45, 2.75) is 96.8 Å². The van der Waals surface area contributed by atoms with Crippen LogP contribution < -0.4 is 4.90 Å². The standard InChI is InChI=1S/C23H41N/c1-4-5-6-7-8-9-10-11-12-13-14-15-16-19-22-20-17-18-21-23(22)24(2)3/h17-18,20-21H,4-16,19H2,1-3H3. The van der Waals surface area contributed by atoms with Gasteiger partial charge in [-0.05, 0) is 24.5 Å². The molecule has 0 fully saturated rings. The minimum Gasteiger partial charge on any atom is -0.377 e. The number of hydrogen-bond acceptors (Lipinski definition) is 1. The Kier molecular flexibility index (Phi) is 12.6. The van der Waals surface area contributed by atoms with Crippen molar-refractivity contribution >= 4 is 5.69 Å². The Labute approximate surface area is 151 Å². The zero-order chi connectivity index (χ0) is 17.5. The lowest BCUT2D eigenvalue weighted by Gasteiger charge is -2.17. The van der Waals surface area contributed by atoms with Crippen LogP contribution in [-0.4, -0.2) is 14.1 Å². The maximum absolute atomic E-state index is 2.29. The van der Waals surface area contributed by atoms with Crippen LogP contribution in [0.1, 0.15) is 96.0 Å². The number of benzene rings is 1. The van der Waals surface area contributed by atoms with Gasteiger partial charge in [-0.15, -0.1) is 0 Å². The topological polar surface area (TPSA) is 3.24 Å². The van der Waals surface area contributed by atoms with Crippen LogP contribution in [-0.2, 0) is 6.42 Å². The first-order valence-corrected chi connectivity index (χ1v) is 10.5. The van der Waals surface area contributed by atoms with Gasteiger partial charge in [0.15, 0.2) is 0 Å². The average Bonchev–Trinajstić information content (AvgIpc) is 2.59. The highest BCUT2D eigenvalue weighted by atomic mass is 15.1. The lowest BCUT2D eigenvalue weighted by Crippen LogP contribution is -2.11. The van der Waals surface area contributed by atoms with Crippen molar-refractivity contribution in [1.29, 1.82) is 0 Å². The molecule has 0 N–H and O–H groups in total. The third-order valence-electron chi connectivity index (χ3n) is 5.02. The van der Waals surface area contributed by atoms with Crippen LogP contribution >= 0.6 is 0 Å². The summed E-state index contributed by atoms with van der Waals surface area (Å²) >= 11 is 0. The van der Waals surface area contributed by atoms with Crippen molar-refractivity contribution in [2.75, 3.05) is 19.0 Å². The third kappa shape index (κ3) is 10.0. The molecule has 0 amide bonds. The van der Waals surface area contributed by atoms with Crippen molar-refractivity contribution in [1.82, 2.24) is 0 Å². The second kappa shape index (κ2) is 14.4. The summed E-state index contributed by atoms with van der Waals surface area (Å²) in [5.74, 6) is 0. The summed E-state index contributed by atoms with van der Waals surface area (Å²) in [6.45, 7) is 2.29. The second-order valence-corrected chi connectivity index (χ2v) is 7.52. The highest BCUT2D eigenvalue weighted by molar-refractivity contribution is 5.52. The Morgan fingerprint density at radius 2 is 1.08 bits per heavy atom. The Hall–Kier alpha value is -0.980. The minimum atomic E-state index is 1.23. The molecule has 24 heavy (non-hydrogen) atoms. The molecule has 0 bridgehead atoms. The van der Waals surface area contributed by atoms with Gasteiger partial charge in [0, 0.05) is 19.8 Å². The molecule has 0 unspecified atom stereocenters. The molecule has 0 atom stereocenters. The molecule has 0 aliphatic heterocycles. The first-order chi connectivity index (χ1) is 11.8. The van der Waals surface area contributed by atoms with E-state index in [2.05, 4.69) is 50.2 Å². The third-order valence-corrected chi connectivity index (χ3v) is 5.02. The smallest absolute Gasteiger partial charge is 0.0393 e. The van der Waals surface area contributed by atoms with Crippen LogP contribution in [0.25, 0.3) is 0 Å². The minimum absolute atomic E-state index is 1.23. The van der Waals surface area contributed by atoms with Crippen molar-refractivity contribution in [3.63, 3.8) is 0 Å². The van der Waals surface area contributed by atoms with E-state index in [-0.39, 0.29) is 0 Å². The van der Waals surface area contributed by atoms with Gasteiger partial charge in [-0.25, -0.2) is 0 Å². The number of hydrogen-bond donors (Lipinski definition) is 0. The van der Waals surface area contributed by atoms with E-state index in [1.54, 1.807) is 0 Å². The monoisotopic (exact) mass is 331 g/mol. The maximum atomic E-state index is 2.29. The van der Waals surface area contributed by atoms with Gasteiger partial charge in [0.2, 0.25) is 0 Å². The fraction of sp³-hybridized carbons (Fsp3) is 0.739. The van der Waals surface area contributed by atoms with E-state index in [9.17, 15) is 0 Å². The molecule has 1 aromatic carbocycles. The lowest BCUT2D eigenvalue weighted by molar-refractivity contribution is 0.539. The predicted molar refractivity (Wildman–Crippen MR) is 110 cm³/mol. The van der Waals surface area contributed by atoms with E-state index >= 15 is 0 Å². The molecule has 0 heterocycles. The van der Waals surface area contributed by atoms with E-state index < -0.39 is 0 Å². The fourth-order valence-corrected chi connectivity index (χ4v) is 3.49. The molecule has 1 rings (SSSR count). The van der Waals surface area contributed by atoms with Crippen molar-refractivity contribution in [3.05, 3.63) is 29.8 Å². The van der Waals surface area contributed by atoms with Crippen LogP contribution in [0.4, 0.5) is 5.69 Å². The quantitative estimate of drug-likeness (QED) is 0.303. The molecular formula is C23H41N. The van der Waals surface area contributed by atoms with Crippen LogP contribution in [0.5, 0.6) is 0 Å². The van der Waals surface area contributed by atoms with E-state index in [0.717, 1.165) is 0 Å². The maximum Gasteiger partial charge on any atom is 0.0393 e. The number of anilines is 1. The first kappa shape index (κ1) is 21.1. The molecule has 1 nitrogen and oxygen atoms in total. The Morgan fingerprint density at radius 1 is 0.625 bits per heavy atom. The van der Waals surface area contributed by atoms with E-state index in [0.29, 0.717) is 0 Å². The Bertz CT molecular complexity index is 397. The van der Waals surface area contributed by atoms with Crippen LogP contribution in [0, 0.1) is 0 Å². The van der Waals surface area contributed by atoms with E-state index in [1.165, 1.54) is 101 Å². The average molecular weight is 332 g/mol. The molecular weight excluding hydrogens is 290 g/mol. The van der Waals surface area contributed by atoms with Gasteiger partial charge < -0.3 is 4.90 Å². The van der Waals surface area contributed by atoms with Gasteiger partial charge in [0.25, 0.3) is 0 Å². The van der Waals surface area contributed by atoms with Crippen LogP contribution in [0.15, 0.2) is 24.3 Å². The molecule has 0 aromatic heterocycles. The number of unbranched alkanes of at least 4 members (excludes halogenated alkanes) is 12. The van der Waals surface area contributed by atoms with E-state index in [4.69, 9.17) is 0 Å². The number of rotatable bonds is 15. The number of nitrogens with zero attached hydrogens (tertiary/aromatic N) is 1. The lowest BCUT2D eigenvalue weighted by atomic mass is 10.0. The van der Waals surface area contributed by atoms with Gasteiger partial charge in [0.1, 0.15) is 0 Å². The van der Waals surface area contributed by atoms with Crippen molar-refractivity contribution < 1.29 is 0 Å². The largest absolute Gasteiger partial charge is 0.377 e. The van der Waals surface area contributed by atoms with E-state index in [1.807, 2.05) is 0 Å². The molecule has 0 aliphatic carbocycles. The van der Waals surface area contributed by atoms with Gasteiger partial charge in [-0.1, -0.05) is 102 Å².